The number of carbonyl (C=O) groups is 3. The summed E-state index contributed by atoms with van der Waals surface area (Å²) in [7, 11) is 1.15. The number of nitrogens with one attached hydrogen (secondary N) is 3. The smallest absolute Gasteiger partial charge is 0.411 e. The van der Waals surface area contributed by atoms with E-state index in [-0.39, 0.29) is 17.4 Å². The molecule has 2 saturated heterocycles. The normalized spacial score (nSPS) is 19.9. The van der Waals surface area contributed by atoms with Gasteiger partial charge in [0, 0.05) is 38.0 Å². The Labute approximate surface area is 174 Å². The summed E-state index contributed by atoms with van der Waals surface area (Å²) in [6, 6.07) is 3.50. The van der Waals surface area contributed by atoms with Crippen LogP contribution in [0.15, 0.2) is 18.2 Å². The second kappa shape index (κ2) is 10.4. The Bertz CT molecular complexity index is 776. The van der Waals surface area contributed by atoms with Gasteiger partial charge in [-0.1, -0.05) is 0 Å². The van der Waals surface area contributed by atoms with Gasteiger partial charge in [0.15, 0.2) is 0 Å². The van der Waals surface area contributed by atoms with E-state index >= 15 is 0 Å². The molecule has 3 N–H and O–H groups in total. The van der Waals surface area contributed by atoms with Crippen molar-refractivity contribution >= 4 is 29.3 Å². The molecule has 10 heteroatoms. The van der Waals surface area contributed by atoms with Crippen molar-refractivity contribution in [2.24, 2.45) is 0 Å². The highest BCUT2D eigenvalue weighted by Crippen LogP contribution is 2.20. The summed E-state index contributed by atoms with van der Waals surface area (Å²) in [4.78, 5) is 38.0. The van der Waals surface area contributed by atoms with Crippen LogP contribution in [0.3, 0.4) is 0 Å². The summed E-state index contributed by atoms with van der Waals surface area (Å²) < 4.78 is 23.8. The van der Waals surface area contributed by atoms with Crippen molar-refractivity contribution < 1.29 is 28.2 Å². The van der Waals surface area contributed by atoms with Crippen LogP contribution in [0.25, 0.3) is 0 Å². The molecule has 1 aromatic carbocycles. The third-order valence-electron chi connectivity index (χ3n) is 5.26. The Balaban J connectivity index is 1.45. The number of piperidine rings is 1. The molecule has 0 radical (unpaired) electrons. The van der Waals surface area contributed by atoms with Gasteiger partial charge in [-0.25, -0.2) is 9.18 Å². The molecule has 164 valence electrons. The largest absolute Gasteiger partial charge is 0.453 e. The summed E-state index contributed by atoms with van der Waals surface area (Å²) in [5.41, 5.74) is 0.00742. The van der Waals surface area contributed by atoms with Crippen molar-refractivity contribution in [1.82, 2.24) is 10.2 Å². The molecule has 30 heavy (non-hydrogen) atoms. The van der Waals surface area contributed by atoms with E-state index in [2.05, 4.69) is 25.6 Å². The highest BCUT2D eigenvalue weighted by molar-refractivity contribution is 6.39. The maximum absolute atomic E-state index is 13.8. The van der Waals surface area contributed by atoms with E-state index < -0.39 is 23.7 Å². The van der Waals surface area contributed by atoms with Gasteiger partial charge in [0.2, 0.25) is 0 Å². The molecule has 2 heterocycles. The molecule has 1 unspecified atom stereocenters. The fraction of sp³-hybridized carbons (Fsp3) is 0.550. The minimum absolute atomic E-state index is 0.0752. The molecular formula is C20H27FN4O5. The molecule has 1 aromatic rings. The molecule has 0 aliphatic carbocycles. The molecule has 2 fully saturated rings. The number of nitrogens with zero attached hydrogens (tertiary/aromatic N) is 1. The summed E-state index contributed by atoms with van der Waals surface area (Å²) >= 11 is 0. The zero-order valence-corrected chi connectivity index (χ0v) is 16.9. The minimum atomic E-state index is -0.854. The number of hydrogen-bond acceptors (Lipinski definition) is 6. The first-order chi connectivity index (χ1) is 14.4. The Morgan fingerprint density at radius 1 is 1.17 bits per heavy atom. The van der Waals surface area contributed by atoms with Gasteiger partial charge in [-0.2, -0.15) is 0 Å². The van der Waals surface area contributed by atoms with Crippen LogP contribution < -0.4 is 16.0 Å². The molecule has 1 atom stereocenters. The van der Waals surface area contributed by atoms with Crippen LogP contribution in [0.1, 0.15) is 25.7 Å². The number of likely N-dealkylation sites (tertiary alicyclic amines) is 1. The number of anilines is 2. The van der Waals surface area contributed by atoms with Gasteiger partial charge in [-0.05, 0) is 43.9 Å². The van der Waals surface area contributed by atoms with Crippen molar-refractivity contribution in [3.05, 3.63) is 24.0 Å². The van der Waals surface area contributed by atoms with Gasteiger partial charge >= 0.3 is 17.9 Å². The zero-order valence-electron chi connectivity index (χ0n) is 16.9. The lowest BCUT2D eigenvalue weighted by Gasteiger charge is -2.33. The third-order valence-corrected chi connectivity index (χ3v) is 5.26. The van der Waals surface area contributed by atoms with Gasteiger partial charge < -0.3 is 25.0 Å². The van der Waals surface area contributed by atoms with Crippen molar-refractivity contribution in [2.45, 2.75) is 37.8 Å². The lowest BCUT2D eigenvalue weighted by atomic mass is 10.0. The van der Waals surface area contributed by atoms with Crippen LogP contribution in [0, 0.1) is 5.82 Å². The summed E-state index contributed by atoms with van der Waals surface area (Å²) in [6.07, 6.45) is 3.18. The Hall–Kier alpha value is -2.72. The SMILES string of the molecule is COC(=O)Nc1cc(NC(=O)C(=O)NC2CCN(CC3CCCO3)CC2)ccc1F. The Kier molecular flexibility index (Phi) is 7.58. The monoisotopic (exact) mass is 422 g/mol. The van der Waals surface area contributed by atoms with E-state index in [4.69, 9.17) is 4.74 Å². The summed E-state index contributed by atoms with van der Waals surface area (Å²) in [5, 5.41) is 7.35. The average molecular weight is 422 g/mol. The van der Waals surface area contributed by atoms with Gasteiger partial charge in [-0.15, -0.1) is 0 Å². The first-order valence-electron chi connectivity index (χ1n) is 10.0. The van der Waals surface area contributed by atoms with E-state index in [9.17, 15) is 18.8 Å². The fourth-order valence-corrected chi connectivity index (χ4v) is 3.63. The van der Waals surface area contributed by atoms with E-state index in [0.29, 0.717) is 6.10 Å². The molecule has 9 nitrogen and oxygen atoms in total. The lowest BCUT2D eigenvalue weighted by molar-refractivity contribution is -0.136. The Morgan fingerprint density at radius 3 is 2.60 bits per heavy atom. The number of carbonyl (C=O) groups excluding carboxylic acids is 3. The first kappa shape index (κ1) is 22.0. The average Bonchev–Trinajstić information content (AvgIpc) is 3.24. The molecule has 0 saturated carbocycles. The zero-order chi connectivity index (χ0) is 21.5. The highest BCUT2D eigenvalue weighted by atomic mass is 19.1. The number of amides is 3. The second-order valence-corrected chi connectivity index (χ2v) is 7.45. The van der Waals surface area contributed by atoms with E-state index in [1.807, 2.05) is 0 Å². The van der Waals surface area contributed by atoms with Crippen molar-refractivity contribution in [1.29, 1.82) is 0 Å². The number of methoxy groups -OCH3 is 1. The van der Waals surface area contributed by atoms with E-state index in [1.54, 1.807) is 0 Å². The van der Waals surface area contributed by atoms with Crippen molar-refractivity contribution in [3.8, 4) is 0 Å². The molecule has 3 amide bonds. The molecule has 3 rings (SSSR count). The van der Waals surface area contributed by atoms with Crippen molar-refractivity contribution in [2.75, 3.05) is 44.0 Å². The topological polar surface area (TPSA) is 109 Å². The second-order valence-electron chi connectivity index (χ2n) is 7.45. The minimum Gasteiger partial charge on any atom is -0.453 e. The first-order valence-corrected chi connectivity index (χ1v) is 10.0. The molecular weight excluding hydrogens is 395 g/mol. The molecule has 0 spiro atoms. The van der Waals surface area contributed by atoms with Crippen LogP contribution in [0.4, 0.5) is 20.6 Å². The fourth-order valence-electron chi connectivity index (χ4n) is 3.63. The molecule has 2 aliphatic heterocycles. The molecule has 0 bridgehead atoms. The molecule has 2 aliphatic rings. The number of rotatable bonds is 5. The van der Waals surface area contributed by atoms with Crippen LogP contribution in [-0.4, -0.2) is 68.3 Å². The maximum Gasteiger partial charge on any atom is 0.411 e. The van der Waals surface area contributed by atoms with Crippen LogP contribution in [0.2, 0.25) is 0 Å². The van der Waals surface area contributed by atoms with Gasteiger partial charge in [0.25, 0.3) is 0 Å². The number of hydrogen-bond donors (Lipinski definition) is 3. The van der Waals surface area contributed by atoms with Gasteiger partial charge in [0.1, 0.15) is 5.82 Å². The van der Waals surface area contributed by atoms with Crippen LogP contribution in [0.5, 0.6) is 0 Å². The number of ether oxygens (including phenoxy) is 2. The highest BCUT2D eigenvalue weighted by Gasteiger charge is 2.26. The van der Waals surface area contributed by atoms with E-state index in [1.165, 1.54) is 12.1 Å². The predicted molar refractivity (Wildman–Crippen MR) is 108 cm³/mol. The number of halogens is 1. The van der Waals surface area contributed by atoms with Crippen molar-refractivity contribution in [3.63, 3.8) is 0 Å². The Morgan fingerprint density at radius 2 is 1.93 bits per heavy atom. The number of benzene rings is 1. The lowest BCUT2D eigenvalue weighted by Crippen LogP contribution is -2.48. The predicted octanol–water partition coefficient (Wildman–Crippen LogP) is 1.70. The summed E-state index contributed by atoms with van der Waals surface area (Å²) in [5.74, 6) is -2.30. The third kappa shape index (κ3) is 6.14. The maximum atomic E-state index is 13.8. The summed E-state index contributed by atoms with van der Waals surface area (Å²) in [6.45, 7) is 3.42. The quantitative estimate of drug-likeness (QED) is 0.624. The van der Waals surface area contributed by atoms with Crippen LogP contribution >= 0.6 is 0 Å². The molecule has 0 aromatic heterocycles. The van der Waals surface area contributed by atoms with Gasteiger partial charge in [0.05, 0.1) is 18.9 Å². The van der Waals surface area contributed by atoms with Gasteiger partial charge in [-0.3, -0.25) is 14.9 Å². The standard InChI is InChI=1S/C20H27FN4O5/c1-29-20(28)24-17-11-14(4-5-16(17)21)23-19(27)18(26)22-13-6-8-25(9-7-13)12-15-3-2-10-30-15/h4-5,11,13,15H,2-3,6-10,12H2,1H3,(H,22,26)(H,23,27)(H,24,28). The van der Waals surface area contributed by atoms with Crippen LogP contribution in [-0.2, 0) is 19.1 Å². The van der Waals surface area contributed by atoms with E-state index in [0.717, 1.165) is 65.1 Å².